The number of carbonyl (C=O) groups is 1. The maximum atomic E-state index is 11.8. The number of benzene rings is 1. The third kappa shape index (κ3) is 4.91. The van der Waals surface area contributed by atoms with Crippen LogP contribution in [0.4, 0.5) is 5.69 Å². The average Bonchev–Trinajstić information content (AvgIpc) is 2.29. The zero-order valence-corrected chi connectivity index (χ0v) is 12.8. The van der Waals surface area contributed by atoms with Crippen molar-refractivity contribution < 1.29 is 4.79 Å². The Balaban J connectivity index is 2.54. The van der Waals surface area contributed by atoms with Gasteiger partial charge in [-0.2, -0.15) is 11.8 Å². The third-order valence-electron chi connectivity index (χ3n) is 2.57. The van der Waals surface area contributed by atoms with E-state index in [1.807, 2.05) is 26.0 Å². The molecule has 0 bridgehead atoms. The number of halogens is 1. The summed E-state index contributed by atoms with van der Waals surface area (Å²) in [6.07, 6.45) is 2.32. The summed E-state index contributed by atoms with van der Waals surface area (Å²) in [7, 11) is 0. The van der Waals surface area contributed by atoms with Crippen LogP contribution < -0.4 is 5.32 Å². The van der Waals surface area contributed by atoms with Crippen LogP contribution >= 0.6 is 23.4 Å². The van der Waals surface area contributed by atoms with Crippen LogP contribution in [0.2, 0.25) is 5.02 Å². The van der Waals surface area contributed by atoms with E-state index in [1.54, 1.807) is 11.8 Å². The van der Waals surface area contributed by atoms with Gasteiger partial charge >= 0.3 is 0 Å². The molecule has 1 rings (SSSR count). The lowest BCUT2D eigenvalue weighted by Gasteiger charge is -2.11. The monoisotopic (exact) mass is 285 g/mol. The molecule has 2 nitrogen and oxygen atoms in total. The summed E-state index contributed by atoms with van der Waals surface area (Å²) in [5.74, 6) is 1.54. The number of amides is 1. The van der Waals surface area contributed by atoms with Crippen LogP contribution in [0.1, 0.15) is 30.9 Å². The van der Waals surface area contributed by atoms with Crippen LogP contribution in [0.15, 0.2) is 12.1 Å². The molecular weight excluding hydrogens is 266 g/mol. The highest BCUT2D eigenvalue weighted by molar-refractivity contribution is 7.99. The molecule has 0 aromatic heterocycles. The molecule has 18 heavy (non-hydrogen) atoms. The Morgan fingerprint density at radius 1 is 1.39 bits per heavy atom. The Labute approximate surface area is 118 Å². The second kappa shape index (κ2) is 7.70. The van der Waals surface area contributed by atoms with Crippen molar-refractivity contribution in [1.82, 2.24) is 0 Å². The van der Waals surface area contributed by atoms with Crippen molar-refractivity contribution in [1.29, 1.82) is 0 Å². The van der Waals surface area contributed by atoms with Crippen molar-refractivity contribution in [3.63, 3.8) is 0 Å². The van der Waals surface area contributed by atoms with E-state index in [9.17, 15) is 4.79 Å². The summed E-state index contributed by atoms with van der Waals surface area (Å²) in [4.78, 5) is 11.8. The van der Waals surface area contributed by atoms with Crippen LogP contribution in [0.3, 0.4) is 0 Å². The third-order valence-corrected chi connectivity index (χ3v) is 3.91. The highest BCUT2D eigenvalue weighted by Gasteiger charge is 2.09. The van der Waals surface area contributed by atoms with Crippen LogP contribution in [-0.4, -0.2) is 17.4 Å². The molecule has 0 aliphatic heterocycles. The maximum absolute atomic E-state index is 11.8. The Morgan fingerprint density at radius 2 is 2.11 bits per heavy atom. The molecule has 0 saturated heterocycles. The van der Waals surface area contributed by atoms with Gasteiger partial charge in [0.25, 0.3) is 0 Å². The second-order valence-electron chi connectivity index (χ2n) is 4.39. The fraction of sp³-hybridized carbons (Fsp3) is 0.500. The van der Waals surface area contributed by atoms with Gasteiger partial charge in [-0.15, -0.1) is 0 Å². The van der Waals surface area contributed by atoms with Gasteiger partial charge in [-0.1, -0.05) is 31.0 Å². The van der Waals surface area contributed by atoms with Crippen LogP contribution in [0.25, 0.3) is 0 Å². The van der Waals surface area contributed by atoms with Crippen molar-refractivity contribution >= 4 is 35.0 Å². The number of rotatable bonds is 6. The van der Waals surface area contributed by atoms with Gasteiger partial charge in [-0.05, 0) is 43.2 Å². The smallest absolute Gasteiger partial charge is 0.234 e. The van der Waals surface area contributed by atoms with Crippen molar-refractivity contribution in [3.8, 4) is 0 Å². The summed E-state index contributed by atoms with van der Waals surface area (Å²) in [5.41, 5.74) is 2.85. The Hall–Kier alpha value is -0.670. The van der Waals surface area contributed by atoms with Gasteiger partial charge in [0, 0.05) is 0 Å². The summed E-state index contributed by atoms with van der Waals surface area (Å²) in [6, 6.07) is 3.89. The first kappa shape index (κ1) is 15.4. The number of unbranched alkanes of at least 4 members (excludes halogenated alkanes) is 1. The molecule has 0 aliphatic rings. The van der Waals surface area contributed by atoms with E-state index in [2.05, 4.69) is 12.2 Å². The molecule has 0 heterocycles. The normalized spacial score (nSPS) is 10.4. The Morgan fingerprint density at radius 3 is 2.72 bits per heavy atom. The first-order chi connectivity index (χ1) is 8.54. The molecule has 4 heteroatoms. The van der Waals surface area contributed by atoms with E-state index in [4.69, 9.17) is 11.6 Å². The topological polar surface area (TPSA) is 29.1 Å². The molecule has 1 N–H and O–H groups in total. The summed E-state index contributed by atoms with van der Waals surface area (Å²) >= 11 is 7.81. The molecule has 0 fully saturated rings. The van der Waals surface area contributed by atoms with Crippen LogP contribution in [0, 0.1) is 13.8 Å². The predicted octanol–water partition coefficient (Wildman–Crippen LogP) is 4.43. The molecule has 1 amide bonds. The van der Waals surface area contributed by atoms with Crippen molar-refractivity contribution in [2.24, 2.45) is 0 Å². The highest BCUT2D eigenvalue weighted by atomic mass is 35.5. The van der Waals surface area contributed by atoms with Gasteiger partial charge < -0.3 is 5.32 Å². The van der Waals surface area contributed by atoms with Crippen LogP contribution in [-0.2, 0) is 4.79 Å². The molecule has 0 aliphatic carbocycles. The Bertz CT molecular complexity index is 397. The summed E-state index contributed by atoms with van der Waals surface area (Å²) in [5, 5.41) is 3.50. The standard InChI is InChI=1S/C14H20ClNOS/c1-4-5-6-18-9-13(17)16-14-11(3)7-10(2)8-12(14)15/h7-8H,4-6,9H2,1-3H3,(H,16,17). The average molecular weight is 286 g/mol. The number of hydrogen-bond donors (Lipinski definition) is 1. The van der Waals surface area contributed by atoms with Crippen molar-refractivity contribution in [3.05, 3.63) is 28.3 Å². The summed E-state index contributed by atoms with van der Waals surface area (Å²) in [6.45, 7) is 6.10. The molecule has 0 radical (unpaired) electrons. The van der Waals surface area contributed by atoms with E-state index < -0.39 is 0 Å². The SMILES string of the molecule is CCCCSCC(=O)Nc1c(C)cc(C)cc1Cl. The number of carbonyl (C=O) groups excluding carboxylic acids is 1. The minimum Gasteiger partial charge on any atom is -0.324 e. The lowest BCUT2D eigenvalue weighted by atomic mass is 10.1. The van der Waals surface area contributed by atoms with E-state index in [0.29, 0.717) is 10.8 Å². The fourth-order valence-corrected chi connectivity index (χ4v) is 2.92. The number of nitrogens with one attached hydrogen (secondary N) is 1. The van der Waals surface area contributed by atoms with Gasteiger partial charge in [0.05, 0.1) is 16.5 Å². The minimum absolute atomic E-state index is 0.0185. The summed E-state index contributed by atoms with van der Waals surface area (Å²) < 4.78 is 0. The number of thioether (sulfide) groups is 1. The first-order valence-corrected chi connectivity index (χ1v) is 7.72. The van der Waals surface area contributed by atoms with E-state index in [1.165, 1.54) is 0 Å². The molecule has 0 spiro atoms. The van der Waals surface area contributed by atoms with Gasteiger partial charge in [0.1, 0.15) is 0 Å². The molecule has 0 atom stereocenters. The number of anilines is 1. The molecule has 0 saturated carbocycles. The van der Waals surface area contributed by atoms with Crippen molar-refractivity contribution in [2.45, 2.75) is 33.6 Å². The van der Waals surface area contributed by atoms with E-state index in [0.717, 1.165) is 35.4 Å². The molecule has 1 aromatic carbocycles. The number of hydrogen-bond acceptors (Lipinski definition) is 2. The second-order valence-corrected chi connectivity index (χ2v) is 5.91. The zero-order valence-electron chi connectivity index (χ0n) is 11.2. The zero-order chi connectivity index (χ0) is 13.5. The van der Waals surface area contributed by atoms with E-state index in [-0.39, 0.29) is 5.91 Å². The van der Waals surface area contributed by atoms with Gasteiger partial charge in [0.2, 0.25) is 5.91 Å². The molecular formula is C14H20ClNOS. The lowest BCUT2D eigenvalue weighted by molar-refractivity contribution is -0.113. The lowest BCUT2D eigenvalue weighted by Crippen LogP contribution is -2.15. The Kier molecular flexibility index (Phi) is 6.58. The molecule has 0 unspecified atom stereocenters. The first-order valence-electron chi connectivity index (χ1n) is 6.19. The minimum atomic E-state index is 0.0185. The molecule has 100 valence electrons. The van der Waals surface area contributed by atoms with Crippen LogP contribution in [0.5, 0.6) is 0 Å². The van der Waals surface area contributed by atoms with Gasteiger partial charge in [-0.25, -0.2) is 0 Å². The van der Waals surface area contributed by atoms with E-state index >= 15 is 0 Å². The van der Waals surface area contributed by atoms with Gasteiger partial charge in [0.15, 0.2) is 0 Å². The quantitative estimate of drug-likeness (QED) is 0.784. The largest absolute Gasteiger partial charge is 0.324 e. The fourth-order valence-electron chi connectivity index (χ4n) is 1.66. The molecule has 1 aromatic rings. The van der Waals surface area contributed by atoms with Crippen molar-refractivity contribution in [2.75, 3.05) is 16.8 Å². The highest BCUT2D eigenvalue weighted by Crippen LogP contribution is 2.27. The predicted molar refractivity (Wildman–Crippen MR) is 81.8 cm³/mol. The van der Waals surface area contributed by atoms with Gasteiger partial charge in [-0.3, -0.25) is 4.79 Å². The maximum Gasteiger partial charge on any atom is 0.234 e. The number of aryl methyl sites for hydroxylation is 2.